The predicted molar refractivity (Wildman–Crippen MR) is 202 cm³/mol. The van der Waals surface area contributed by atoms with Crippen LogP contribution < -0.4 is 10.6 Å². The lowest BCUT2D eigenvalue weighted by Crippen LogP contribution is -2.63. The number of aliphatic hydroxyl groups excluding tert-OH is 1. The van der Waals surface area contributed by atoms with E-state index >= 15 is 0 Å². The molecule has 0 amide bonds. The van der Waals surface area contributed by atoms with Crippen LogP contribution in [0.5, 0.6) is 0 Å². The highest BCUT2D eigenvalue weighted by Crippen LogP contribution is 2.68. The molecule has 3 aliphatic carbocycles. The molecule has 3 heterocycles. The Bertz CT molecular complexity index is 2040. The third-order valence-electron chi connectivity index (χ3n) is 13.6. The van der Waals surface area contributed by atoms with Crippen LogP contribution in [-0.4, -0.2) is 76.7 Å². The Morgan fingerprint density at radius 1 is 1.17 bits per heavy atom. The highest BCUT2D eigenvalue weighted by atomic mass is 16.5. The molecule has 1 aromatic carbocycles. The molecule has 13 heteroatoms. The largest absolute Gasteiger partial charge is 0.460 e. The van der Waals surface area contributed by atoms with Gasteiger partial charge in [-0.3, -0.25) is 9.59 Å². The summed E-state index contributed by atoms with van der Waals surface area (Å²) < 4.78 is 9.89. The van der Waals surface area contributed by atoms with Crippen molar-refractivity contribution >= 4 is 34.7 Å². The second kappa shape index (κ2) is 13.6. The van der Waals surface area contributed by atoms with Crippen LogP contribution in [0.2, 0.25) is 0 Å². The summed E-state index contributed by atoms with van der Waals surface area (Å²) in [7, 11) is 0. The summed E-state index contributed by atoms with van der Waals surface area (Å²) in [5.74, 6) is 0.422. The van der Waals surface area contributed by atoms with Crippen molar-refractivity contribution in [3.8, 4) is 11.3 Å². The van der Waals surface area contributed by atoms with Crippen molar-refractivity contribution in [2.45, 2.75) is 98.9 Å². The second-order valence-electron chi connectivity index (χ2n) is 16.1. The van der Waals surface area contributed by atoms with Gasteiger partial charge in [-0.15, -0.1) is 11.7 Å². The van der Waals surface area contributed by atoms with Crippen LogP contribution >= 0.6 is 0 Å². The lowest BCUT2D eigenvalue weighted by Gasteiger charge is -2.61. The van der Waals surface area contributed by atoms with Crippen molar-refractivity contribution in [1.29, 1.82) is 0 Å². The lowest BCUT2D eigenvalue weighted by molar-refractivity contribution is -0.207. The molecule has 0 saturated heterocycles. The first-order valence-corrected chi connectivity index (χ1v) is 19.0. The smallest absolute Gasteiger partial charge is 0.328 e. The molecule has 4 aromatic rings. The van der Waals surface area contributed by atoms with Crippen LogP contribution in [0.25, 0.3) is 22.4 Å². The van der Waals surface area contributed by atoms with Crippen LogP contribution in [0.1, 0.15) is 79.2 Å². The van der Waals surface area contributed by atoms with Crippen LogP contribution in [0.4, 0.5) is 11.8 Å². The van der Waals surface area contributed by atoms with Crippen molar-refractivity contribution in [3.63, 3.8) is 0 Å². The normalized spacial score (nSPS) is 31.2. The van der Waals surface area contributed by atoms with Crippen LogP contribution in [0, 0.1) is 34.0 Å². The van der Waals surface area contributed by atoms with Gasteiger partial charge in [-0.25, -0.2) is 9.67 Å². The number of hydrogen-bond acceptors (Lipinski definition) is 11. The quantitative estimate of drug-likeness (QED) is 0.157. The molecule has 0 aliphatic heterocycles. The topological polar surface area (TPSA) is 167 Å². The van der Waals surface area contributed by atoms with Crippen molar-refractivity contribution in [1.82, 2.24) is 34.5 Å². The Morgan fingerprint density at radius 3 is 2.66 bits per heavy atom. The number of carbonyl (C=O) groups excluding carboxylic acids is 2. The minimum absolute atomic E-state index is 0.0919. The van der Waals surface area contributed by atoms with Gasteiger partial charge in [-0.1, -0.05) is 63.2 Å². The molecule has 8 atom stereocenters. The maximum Gasteiger partial charge on any atom is 0.328 e. The number of nitrogens with two attached hydrogens (primary N) is 1. The number of anilines is 2. The van der Waals surface area contributed by atoms with E-state index in [1.807, 2.05) is 41.8 Å². The van der Waals surface area contributed by atoms with E-state index in [1.54, 1.807) is 12.5 Å². The SMILES string of the molecule is C=C[C@]1(C)C[C@@H](OC(=O)Cn2cc(-c3ccccc3Cn3cnc4c(N(CC)CC)nc(N)nc43)nn2)[C@]2(C)[C@H](C)CC[C@]3(CCC(=O)[C@H]32)[C@@H](C)[C@@H]1O. The number of aliphatic hydroxyl groups is 1. The first kappa shape index (κ1) is 36.7. The Balaban J connectivity index is 1.14. The number of nitrogen functional groups attached to an aromatic ring is 1. The number of nitrogens with zero attached hydrogens (tertiary/aromatic N) is 8. The van der Waals surface area contributed by atoms with E-state index in [4.69, 9.17) is 10.5 Å². The molecule has 3 saturated carbocycles. The Kier molecular flexibility index (Phi) is 9.45. The highest BCUT2D eigenvalue weighted by molar-refractivity contribution is 5.86. The summed E-state index contributed by atoms with van der Waals surface area (Å²) in [6.45, 7) is 18.5. The molecule has 3 aromatic heterocycles. The summed E-state index contributed by atoms with van der Waals surface area (Å²) in [6, 6.07) is 7.89. The fourth-order valence-corrected chi connectivity index (χ4v) is 10.2. The zero-order valence-corrected chi connectivity index (χ0v) is 31.8. The van der Waals surface area contributed by atoms with Crippen LogP contribution in [-0.2, 0) is 27.4 Å². The number of Topliss-reactive ketones (excluding diaryl/α,β-unsaturated/α-hetero) is 1. The van der Waals surface area contributed by atoms with Gasteiger partial charge in [-0.05, 0) is 62.3 Å². The number of imidazole rings is 1. The van der Waals surface area contributed by atoms with E-state index in [2.05, 4.69) is 71.4 Å². The molecule has 2 bridgehead atoms. The van der Waals surface area contributed by atoms with Crippen molar-refractivity contribution < 1.29 is 19.4 Å². The van der Waals surface area contributed by atoms with Gasteiger partial charge in [0.1, 0.15) is 24.1 Å². The first-order chi connectivity index (χ1) is 25.3. The molecule has 282 valence electrons. The number of esters is 1. The predicted octanol–water partition coefficient (Wildman–Crippen LogP) is 5.47. The molecule has 0 spiro atoms. The number of ketones is 1. The Hall–Kier alpha value is -4.65. The summed E-state index contributed by atoms with van der Waals surface area (Å²) in [5, 5.41) is 20.6. The molecule has 3 aliphatic rings. The van der Waals surface area contributed by atoms with Gasteiger partial charge in [0.05, 0.1) is 25.2 Å². The number of rotatable bonds is 10. The fourth-order valence-electron chi connectivity index (χ4n) is 10.2. The number of hydrogen-bond donors (Lipinski definition) is 2. The first-order valence-electron chi connectivity index (χ1n) is 19.0. The van der Waals surface area contributed by atoms with Crippen molar-refractivity contribution in [3.05, 3.63) is 55.0 Å². The van der Waals surface area contributed by atoms with Crippen LogP contribution in [0.3, 0.4) is 0 Å². The summed E-state index contributed by atoms with van der Waals surface area (Å²) in [5.41, 5.74) is 8.25. The third-order valence-corrected chi connectivity index (χ3v) is 13.6. The third kappa shape index (κ3) is 5.91. The van der Waals surface area contributed by atoms with Crippen molar-refractivity contribution in [2.75, 3.05) is 23.7 Å². The molecule has 3 fully saturated rings. The van der Waals surface area contributed by atoms with E-state index in [0.29, 0.717) is 42.1 Å². The van der Waals surface area contributed by atoms with Gasteiger partial charge in [-0.2, -0.15) is 9.97 Å². The van der Waals surface area contributed by atoms with Gasteiger partial charge in [0.25, 0.3) is 0 Å². The maximum atomic E-state index is 13.9. The van der Waals surface area contributed by atoms with E-state index in [1.165, 1.54) is 4.68 Å². The van der Waals surface area contributed by atoms with Crippen molar-refractivity contribution in [2.24, 2.45) is 34.0 Å². The highest BCUT2D eigenvalue weighted by Gasteiger charge is 2.68. The van der Waals surface area contributed by atoms with Gasteiger partial charge in [0, 0.05) is 41.8 Å². The minimum atomic E-state index is -0.722. The lowest BCUT2D eigenvalue weighted by atomic mass is 9.44. The molecule has 13 nitrogen and oxygen atoms in total. The zero-order chi connectivity index (χ0) is 37.9. The summed E-state index contributed by atoms with van der Waals surface area (Å²) in [4.78, 5) is 43.4. The Labute approximate surface area is 311 Å². The molecule has 7 rings (SSSR count). The van der Waals surface area contributed by atoms with Gasteiger partial charge < -0.3 is 25.0 Å². The average Bonchev–Trinajstić information content (AvgIpc) is 3.87. The van der Waals surface area contributed by atoms with E-state index in [9.17, 15) is 14.7 Å². The molecule has 53 heavy (non-hydrogen) atoms. The van der Waals surface area contributed by atoms with E-state index in [-0.39, 0.29) is 41.4 Å². The number of aromatic nitrogens is 7. The molecule has 3 N–H and O–H groups in total. The molecular weight excluding hydrogens is 670 g/mol. The maximum absolute atomic E-state index is 13.9. The summed E-state index contributed by atoms with van der Waals surface area (Å²) in [6.07, 6.45) is 7.40. The Morgan fingerprint density at radius 2 is 1.92 bits per heavy atom. The summed E-state index contributed by atoms with van der Waals surface area (Å²) >= 11 is 0. The van der Waals surface area contributed by atoms with Gasteiger partial charge in [0.2, 0.25) is 5.95 Å². The molecule has 0 radical (unpaired) electrons. The number of fused-ring (bicyclic) bond motifs is 1. The monoisotopic (exact) mass is 723 g/mol. The minimum Gasteiger partial charge on any atom is -0.460 e. The molecule has 0 unspecified atom stereocenters. The fraction of sp³-hybridized carbons (Fsp3) is 0.575. The molecular formula is C40H53N9O4. The average molecular weight is 724 g/mol. The number of benzene rings is 1. The van der Waals surface area contributed by atoms with Gasteiger partial charge in [0.15, 0.2) is 17.0 Å². The van der Waals surface area contributed by atoms with Gasteiger partial charge >= 0.3 is 5.97 Å². The second-order valence-corrected chi connectivity index (χ2v) is 16.1. The number of carbonyl (C=O) groups is 2. The van der Waals surface area contributed by atoms with E-state index in [0.717, 1.165) is 43.5 Å². The standard InChI is InChI=1S/C40H53N9O4/c1-8-38(6)19-30(39(7)24(4)15-17-40(25(5)34(38)52)18-16-29(50)33(39)40)53-31(51)22-49-21-28(45-46-49)27-14-12-11-13-26(27)20-48-23-42-32-35(47(9-2)10-3)43-37(41)44-36(32)48/h8,11-14,21,23-25,30,33-34,52H,1,9-10,15-20,22H2,2-7H3,(H2,41,43,44)/t24-,25+,30-,33+,34+,38-,39+,40+/m1/s1. The number of ether oxygens (including phenoxy) is 1. The van der Waals surface area contributed by atoms with E-state index < -0.39 is 29.0 Å². The zero-order valence-electron chi connectivity index (χ0n) is 31.8. The van der Waals surface area contributed by atoms with Crippen LogP contribution in [0.15, 0.2) is 49.4 Å².